The van der Waals surface area contributed by atoms with Crippen molar-refractivity contribution in [1.29, 1.82) is 0 Å². The predicted molar refractivity (Wildman–Crippen MR) is 102 cm³/mol. The molecule has 0 aliphatic carbocycles. The van der Waals surface area contributed by atoms with E-state index in [0.29, 0.717) is 19.2 Å². The monoisotopic (exact) mass is 358 g/mol. The summed E-state index contributed by atoms with van der Waals surface area (Å²) in [4.78, 5) is 13.2. The highest BCUT2D eigenvalue weighted by molar-refractivity contribution is 5.82. The topological polar surface area (TPSA) is 62.1 Å². The van der Waals surface area contributed by atoms with Gasteiger partial charge in [0.1, 0.15) is 12.4 Å². The molecule has 1 atom stereocenters. The van der Waals surface area contributed by atoms with Crippen LogP contribution in [0.25, 0.3) is 22.2 Å². The Morgan fingerprint density at radius 2 is 1.85 bits per heavy atom. The number of aromatic nitrogens is 4. The van der Waals surface area contributed by atoms with Gasteiger partial charge < -0.3 is 14.0 Å². The van der Waals surface area contributed by atoms with Gasteiger partial charge in [0.2, 0.25) is 0 Å². The van der Waals surface area contributed by atoms with Gasteiger partial charge in [0.05, 0.1) is 30.8 Å². The first kappa shape index (κ1) is 16.0. The summed E-state index contributed by atoms with van der Waals surface area (Å²) in [6.07, 6.45) is 3.55. The van der Waals surface area contributed by atoms with Gasteiger partial charge in [-0.05, 0) is 23.3 Å². The van der Waals surface area contributed by atoms with E-state index in [2.05, 4.69) is 44.9 Å². The van der Waals surface area contributed by atoms with E-state index in [1.165, 1.54) is 5.56 Å². The van der Waals surface area contributed by atoms with Crippen molar-refractivity contribution in [3.63, 3.8) is 0 Å². The van der Waals surface area contributed by atoms with Crippen molar-refractivity contribution in [3.05, 3.63) is 72.3 Å². The van der Waals surface area contributed by atoms with Crippen LogP contribution in [0.4, 0.5) is 0 Å². The second kappa shape index (κ2) is 6.48. The highest BCUT2D eigenvalue weighted by atomic mass is 16.5. The number of hydrogen-bond donors (Lipinski definition) is 0. The maximum absolute atomic E-state index is 5.82. The molecule has 2 aromatic carbocycles. The summed E-state index contributed by atoms with van der Waals surface area (Å²) >= 11 is 0. The van der Waals surface area contributed by atoms with E-state index < -0.39 is 0 Å². The van der Waals surface area contributed by atoms with Gasteiger partial charge in [-0.2, -0.15) is 0 Å². The van der Waals surface area contributed by atoms with Crippen molar-refractivity contribution in [3.8, 4) is 17.1 Å². The van der Waals surface area contributed by atoms with Gasteiger partial charge in [0.15, 0.2) is 0 Å². The molecule has 0 saturated carbocycles. The van der Waals surface area contributed by atoms with Crippen LogP contribution < -0.4 is 4.74 Å². The summed E-state index contributed by atoms with van der Waals surface area (Å²) in [7, 11) is 1.56. The molecule has 134 valence electrons. The maximum Gasteiger partial charge on any atom is 0.316 e. The molecule has 0 amide bonds. The Labute approximate surface area is 156 Å². The number of rotatable bonds is 3. The van der Waals surface area contributed by atoms with Crippen molar-refractivity contribution in [2.24, 2.45) is 0 Å². The molecule has 0 bridgehead atoms. The van der Waals surface area contributed by atoms with Gasteiger partial charge in [-0.25, -0.2) is 15.0 Å². The lowest BCUT2D eigenvalue weighted by atomic mass is 10.1. The zero-order valence-corrected chi connectivity index (χ0v) is 14.9. The minimum Gasteiger partial charge on any atom is -0.467 e. The van der Waals surface area contributed by atoms with E-state index in [1.807, 2.05) is 18.2 Å². The SMILES string of the molecule is COc1ncc(-c2ccc3nc4n(c3c2)C(c2ccccc2)COC4)cn1. The summed E-state index contributed by atoms with van der Waals surface area (Å²) in [5, 5.41) is 0. The average molecular weight is 358 g/mol. The molecular weight excluding hydrogens is 340 g/mol. The first-order chi connectivity index (χ1) is 13.3. The Kier molecular flexibility index (Phi) is 3.83. The molecule has 27 heavy (non-hydrogen) atoms. The summed E-state index contributed by atoms with van der Waals surface area (Å²) in [5.74, 6) is 0.952. The van der Waals surface area contributed by atoms with Gasteiger partial charge in [0.25, 0.3) is 0 Å². The summed E-state index contributed by atoms with van der Waals surface area (Å²) in [6.45, 7) is 1.16. The van der Waals surface area contributed by atoms with Crippen molar-refractivity contribution in [1.82, 2.24) is 19.5 Å². The predicted octanol–water partition coefficient (Wildman–Crippen LogP) is 3.62. The lowest BCUT2D eigenvalue weighted by molar-refractivity contribution is 0.0679. The van der Waals surface area contributed by atoms with E-state index in [-0.39, 0.29) is 6.04 Å². The van der Waals surface area contributed by atoms with E-state index in [0.717, 1.165) is 28.0 Å². The molecule has 2 aromatic heterocycles. The standard InChI is InChI=1S/C21H18N4O2/c1-26-21-22-10-16(11-23-21)15-7-8-17-18(9-15)25-19(12-27-13-20(25)24-17)14-5-3-2-4-6-14/h2-11,19H,12-13H2,1H3. The van der Waals surface area contributed by atoms with E-state index in [1.54, 1.807) is 19.5 Å². The van der Waals surface area contributed by atoms with E-state index in [4.69, 9.17) is 14.5 Å². The molecule has 6 heteroatoms. The molecule has 0 radical (unpaired) electrons. The Morgan fingerprint density at radius 3 is 2.63 bits per heavy atom. The highest BCUT2D eigenvalue weighted by Gasteiger charge is 2.25. The minimum atomic E-state index is 0.113. The second-order valence-corrected chi connectivity index (χ2v) is 6.50. The maximum atomic E-state index is 5.82. The van der Waals surface area contributed by atoms with Crippen molar-refractivity contribution in [2.45, 2.75) is 12.6 Å². The van der Waals surface area contributed by atoms with Gasteiger partial charge in [-0.15, -0.1) is 0 Å². The normalized spacial score (nSPS) is 16.3. The van der Waals surface area contributed by atoms with E-state index in [9.17, 15) is 0 Å². The number of imidazole rings is 1. The second-order valence-electron chi connectivity index (χ2n) is 6.50. The van der Waals surface area contributed by atoms with Crippen molar-refractivity contribution >= 4 is 11.0 Å². The lowest BCUT2D eigenvalue weighted by Gasteiger charge is -2.26. The molecule has 1 aliphatic rings. The zero-order valence-electron chi connectivity index (χ0n) is 14.9. The van der Waals surface area contributed by atoms with Crippen LogP contribution in [0.1, 0.15) is 17.4 Å². The van der Waals surface area contributed by atoms with Crippen LogP contribution in [0, 0.1) is 0 Å². The van der Waals surface area contributed by atoms with Crippen LogP contribution in [-0.2, 0) is 11.3 Å². The third-order valence-corrected chi connectivity index (χ3v) is 4.91. The van der Waals surface area contributed by atoms with Crippen LogP contribution in [-0.4, -0.2) is 33.2 Å². The largest absolute Gasteiger partial charge is 0.467 e. The number of fused-ring (bicyclic) bond motifs is 3. The summed E-state index contributed by atoms with van der Waals surface area (Å²) in [5.41, 5.74) is 5.27. The number of methoxy groups -OCH3 is 1. The van der Waals surface area contributed by atoms with Crippen molar-refractivity contribution < 1.29 is 9.47 Å². The van der Waals surface area contributed by atoms with Crippen LogP contribution >= 0.6 is 0 Å². The Hall–Kier alpha value is -3.25. The van der Waals surface area contributed by atoms with E-state index >= 15 is 0 Å². The van der Waals surface area contributed by atoms with Crippen LogP contribution in [0.15, 0.2) is 60.9 Å². The fourth-order valence-electron chi connectivity index (χ4n) is 3.60. The van der Waals surface area contributed by atoms with Gasteiger partial charge >= 0.3 is 6.01 Å². The smallest absolute Gasteiger partial charge is 0.316 e. The molecule has 0 spiro atoms. The number of ether oxygens (including phenoxy) is 2. The fourth-order valence-corrected chi connectivity index (χ4v) is 3.60. The summed E-state index contributed by atoms with van der Waals surface area (Å²) < 4.78 is 13.2. The van der Waals surface area contributed by atoms with Gasteiger partial charge in [-0.3, -0.25) is 0 Å². The Balaban J connectivity index is 1.64. The third-order valence-electron chi connectivity index (χ3n) is 4.91. The highest BCUT2D eigenvalue weighted by Crippen LogP contribution is 2.32. The first-order valence-corrected chi connectivity index (χ1v) is 8.83. The Bertz CT molecular complexity index is 1090. The minimum absolute atomic E-state index is 0.113. The first-order valence-electron chi connectivity index (χ1n) is 8.83. The molecule has 4 aromatic rings. The Morgan fingerprint density at radius 1 is 1.04 bits per heavy atom. The summed E-state index contributed by atoms with van der Waals surface area (Å²) in [6, 6.07) is 17.1. The van der Waals surface area contributed by atoms with Crippen LogP contribution in [0.3, 0.4) is 0 Å². The van der Waals surface area contributed by atoms with Gasteiger partial charge in [-0.1, -0.05) is 36.4 Å². The molecule has 6 nitrogen and oxygen atoms in total. The molecule has 1 aliphatic heterocycles. The number of nitrogens with zero attached hydrogens (tertiary/aromatic N) is 4. The quantitative estimate of drug-likeness (QED) is 0.560. The van der Waals surface area contributed by atoms with Crippen LogP contribution in [0.2, 0.25) is 0 Å². The van der Waals surface area contributed by atoms with Gasteiger partial charge in [0, 0.05) is 18.0 Å². The van der Waals surface area contributed by atoms with Crippen LogP contribution in [0.5, 0.6) is 6.01 Å². The van der Waals surface area contributed by atoms with Crippen molar-refractivity contribution in [2.75, 3.05) is 13.7 Å². The third kappa shape index (κ3) is 2.74. The lowest BCUT2D eigenvalue weighted by Crippen LogP contribution is -2.24. The molecule has 0 saturated heterocycles. The average Bonchev–Trinajstić information content (AvgIpc) is 3.12. The molecule has 0 N–H and O–H groups in total. The number of benzene rings is 2. The molecule has 5 rings (SSSR count). The molecule has 1 unspecified atom stereocenters. The fraction of sp³-hybridized carbons (Fsp3) is 0.190. The zero-order chi connectivity index (χ0) is 18.2. The molecule has 0 fully saturated rings. The number of hydrogen-bond acceptors (Lipinski definition) is 5. The molecule has 3 heterocycles. The molecular formula is C21H18N4O2.